The van der Waals surface area contributed by atoms with Crippen molar-refractivity contribution in [3.63, 3.8) is 0 Å². The molecule has 0 amide bonds. The van der Waals surface area contributed by atoms with Gasteiger partial charge in [-0.05, 0) is 18.8 Å². The molecule has 0 radical (unpaired) electrons. The molecule has 0 aromatic heterocycles. The first-order valence-corrected chi connectivity index (χ1v) is 13.6. The Morgan fingerprint density at radius 1 is 0.719 bits per heavy atom. The number of hydrogen-bond donors (Lipinski definition) is 3. The van der Waals surface area contributed by atoms with E-state index < -0.39 is 12.1 Å². The number of carboxylic acid groups (broad SMARTS) is 1. The molecule has 32 heavy (non-hydrogen) atoms. The van der Waals surface area contributed by atoms with Crippen LogP contribution < -0.4 is 0 Å². The molecule has 2 atom stereocenters. The van der Waals surface area contributed by atoms with Crippen molar-refractivity contribution >= 4 is 5.97 Å². The number of unbranched alkanes of at least 4 members (excludes halogenated alkanes) is 13. The van der Waals surface area contributed by atoms with Crippen molar-refractivity contribution in [2.24, 2.45) is 5.92 Å². The maximum Gasteiger partial charge on any atom is 0.303 e. The SMILES string of the molecule is CCCCC(CC)COCC(O)CO.CCCCCCCCCCCCCCCC(=O)O. The van der Waals surface area contributed by atoms with E-state index in [1.807, 2.05) is 0 Å². The summed E-state index contributed by atoms with van der Waals surface area (Å²) in [6.45, 7) is 7.34. The summed E-state index contributed by atoms with van der Waals surface area (Å²) in [6, 6.07) is 0. The third-order valence-electron chi connectivity index (χ3n) is 5.91. The van der Waals surface area contributed by atoms with E-state index in [-0.39, 0.29) is 13.2 Å². The third kappa shape index (κ3) is 29.4. The zero-order valence-electron chi connectivity index (χ0n) is 21.7. The summed E-state index contributed by atoms with van der Waals surface area (Å²) < 4.78 is 5.33. The van der Waals surface area contributed by atoms with Gasteiger partial charge in [-0.2, -0.15) is 0 Å². The molecule has 3 N–H and O–H groups in total. The molecule has 0 rings (SSSR count). The van der Waals surface area contributed by atoms with Crippen LogP contribution in [0.15, 0.2) is 0 Å². The topological polar surface area (TPSA) is 87.0 Å². The second-order valence-corrected chi connectivity index (χ2v) is 9.18. The van der Waals surface area contributed by atoms with Gasteiger partial charge in [0.25, 0.3) is 0 Å². The van der Waals surface area contributed by atoms with Crippen LogP contribution in [0.3, 0.4) is 0 Å². The summed E-state index contributed by atoms with van der Waals surface area (Å²) in [4.78, 5) is 10.3. The van der Waals surface area contributed by atoms with Crippen molar-refractivity contribution in [3.05, 3.63) is 0 Å². The van der Waals surface area contributed by atoms with E-state index in [2.05, 4.69) is 20.8 Å². The van der Waals surface area contributed by atoms with Crippen LogP contribution in [0.4, 0.5) is 0 Å². The molecule has 0 saturated heterocycles. The molecule has 5 nitrogen and oxygen atoms in total. The Kier molecular flexibility index (Phi) is 29.7. The van der Waals surface area contributed by atoms with E-state index in [4.69, 9.17) is 20.1 Å². The van der Waals surface area contributed by atoms with Gasteiger partial charge in [0.15, 0.2) is 0 Å². The van der Waals surface area contributed by atoms with Crippen LogP contribution in [0.1, 0.15) is 136 Å². The Labute approximate surface area is 199 Å². The van der Waals surface area contributed by atoms with E-state index in [0.29, 0.717) is 18.9 Å². The van der Waals surface area contributed by atoms with Gasteiger partial charge in [0.2, 0.25) is 0 Å². The smallest absolute Gasteiger partial charge is 0.303 e. The van der Waals surface area contributed by atoms with Gasteiger partial charge in [-0.1, -0.05) is 117 Å². The fraction of sp³-hybridized carbons (Fsp3) is 0.963. The maximum atomic E-state index is 10.3. The van der Waals surface area contributed by atoms with Crippen LogP contribution in [0.5, 0.6) is 0 Å². The van der Waals surface area contributed by atoms with E-state index in [1.54, 1.807) is 0 Å². The highest BCUT2D eigenvalue weighted by Gasteiger charge is 2.07. The van der Waals surface area contributed by atoms with Crippen LogP contribution in [0.25, 0.3) is 0 Å². The molecule has 0 aromatic carbocycles. The largest absolute Gasteiger partial charge is 0.481 e. The van der Waals surface area contributed by atoms with Gasteiger partial charge in [0.1, 0.15) is 6.10 Å². The summed E-state index contributed by atoms with van der Waals surface area (Å²) in [5.41, 5.74) is 0. The van der Waals surface area contributed by atoms with Gasteiger partial charge >= 0.3 is 5.97 Å². The number of aliphatic hydroxyl groups excluding tert-OH is 2. The average Bonchev–Trinajstić information content (AvgIpc) is 2.79. The van der Waals surface area contributed by atoms with Crippen molar-refractivity contribution in [1.82, 2.24) is 0 Å². The van der Waals surface area contributed by atoms with Crippen LogP contribution >= 0.6 is 0 Å². The van der Waals surface area contributed by atoms with Crippen LogP contribution in [0, 0.1) is 5.92 Å². The van der Waals surface area contributed by atoms with E-state index in [0.717, 1.165) is 19.3 Å². The molecular formula is C27H56O5. The molecule has 5 heteroatoms. The molecule has 0 saturated carbocycles. The molecule has 0 fully saturated rings. The van der Waals surface area contributed by atoms with Gasteiger partial charge in [-0.3, -0.25) is 4.79 Å². The Morgan fingerprint density at radius 3 is 1.59 bits per heavy atom. The Hall–Kier alpha value is -0.650. The number of carboxylic acids is 1. The average molecular weight is 461 g/mol. The summed E-state index contributed by atoms with van der Waals surface area (Å²) in [6.07, 6.45) is 21.3. The Morgan fingerprint density at radius 2 is 1.19 bits per heavy atom. The molecule has 194 valence electrons. The van der Waals surface area contributed by atoms with Crippen molar-refractivity contribution in [2.75, 3.05) is 19.8 Å². The lowest BCUT2D eigenvalue weighted by atomic mass is 10.0. The lowest BCUT2D eigenvalue weighted by Gasteiger charge is -2.15. The van der Waals surface area contributed by atoms with Crippen LogP contribution in [-0.4, -0.2) is 47.2 Å². The summed E-state index contributed by atoms with van der Waals surface area (Å²) in [7, 11) is 0. The second kappa shape index (κ2) is 28.4. The van der Waals surface area contributed by atoms with Crippen molar-refractivity contribution in [2.45, 2.75) is 142 Å². The summed E-state index contributed by atoms with van der Waals surface area (Å²) in [5, 5.41) is 26.1. The highest BCUT2D eigenvalue weighted by atomic mass is 16.5. The minimum absolute atomic E-state index is 0.217. The maximum absolute atomic E-state index is 10.3. The first kappa shape index (κ1) is 33.5. The molecular weight excluding hydrogens is 404 g/mol. The highest BCUT2D eigenvalue weighted by Crippen LogP contribution is 2.13. The molecule has 0 aromatic rings. The monoisotopic (exact) mass is 460 g/mol. The summed E-state index contributed by atoms with van der Waals surface area (Å²) in [5.74, 6) is -0.0566. The fourth-order valence-corrected chi connectivity index (χ4v) is 3.62. The molecule has 0 aliphatic carbocycles. The van der Waals surface area contributed by atoms with Crippen molar-refractivity contribution < 1.29 is 24.9 Å². The second-order valence-electron chi connectivity index (χ2n) is 9.18. The normalized spacial score (nSPS) is 12.8. The minimum atomic E-state index is -0.723. The number of carbonyl (C=O) groups is 1. The Bertz CT molecular complexity index is 362. The number of ether oxygens (including phenoxy) is 1. The quantitative estimate of drug-likeness (QED) is 0.141. The van der Waals surface area contributed by atoms with Gasteiger partial charge in [0.05, 0.1) is 13.2 Å². The fourth-order valence-electron chi connectivity index (χ4n) is 3.62. The van der Waals surface area contributed by atoms with Gasteiger partial charge < -0.3 is 20.1 Å². The highest BCUT2D eigenvalue weighted by molar-refractivity contribution is 5.66. The third-order valence-corrected chi connectivity index (χ3v) is 5.91. The molecule has 0 aliphatic heterocycles. The molecule has 0 bridgehead atoms. The number of rotatable bonds is 23. The van der Waals surface area contributed by atoms with Crippen molar-refractivity contribution in [3.8, 4) is 0 Å². The van der Waals surface area contributed by atoms with E-state index in [9.17, 15) is 4.79 Å². The van der Waals surface area contributed by atoms with Crippen LogP contribution in [-0.2, 0) is 9.53 Å². The lowest BCUT2D eigenvalue weighted by molar-refractivity contribution is -0.137. The minimum Gasteiger partial charge on any atom is -0.481 e. The summed E-state index contributed by atoms with van der Waals surface area (Å²) >= 11 is 0. The molecule has 2 unspecified atom stereocenters. The molecule has 0 spiro atoms. The van der Waals surface area contributed by atoms with Gasteiger partial charge in [-0.15, -0.1) is 0 Å². The number of aliphatic carboxylic acids is 1. The zero-order valence-corrected chi connectivity index (χ0v) is 21.7. The zero-order chi connectivity index (χ0) is 24.3. The number of aliphatic hydroxyl groups is 2. The van der Waals surface area contributed by atoms with Crippen LogP contribution in [0.2, 0.25) is 0 Å². The molecule has 0 aliphatic rings. The Balaban J connectivity index is 0. The standard InChI is InChI=1S/C16H32O2.C11H24O3/c1-2-3-4-5-6-7-8-9-10-11-12-13-14-15-16(17)18;1-3-5-6-10(4-2)8-14-9-11(13)7-12/h2-15H2,1H3,(H,17,18);10-13H,3-9H2,1-2H3. The first-order chi connectivity index (χ1) is 15.5. The first-order valence-electron chi connectivity index (χ1n) is 13.6. The predicted molar refractivity (Wildman–Crippen MR) is 135 cm³/mol. The van der Waals surface area contributed by atoms with Gasteiger partial charge in [-0.25, -0.2) is 0 Å². The van der Waals surface area contributed by atoms with Crippen molar-refractivity contribution in [1.29, 1.82) is 0 Å². The van der Waals surface area contributed by atoms with Gasteiger partial charge in [0, 0.05) is 13.0 Å². The van der Waals surface area contributed by atoms with E-state index in [1.165, 1.54) is 89.9 Å². The number of hydrogen-bond acceptors (Lipinski definition) is 4. The lowest BCUT2D eigenvalue weighted by Crippen LogP contribution is -2.21. The van der Waals surface area contributed by atoms with E-state index >= 15 is 0 Å². The predicted octanol–water partition coefficient (Wildman–Crippen LogP) is 7.12. The molecule has 0 heterocycles.